The molecule has 9 nitrogen and oxygen atoms in total. The maximum Gasteiger partial charge on any atom is 0.586 e. The van der Waals surface area contributed by atoms with Gasteiger partial charge >= 0.3 is 6.29 Å². The number of nitrogens with one attached hydrogen (secondary N) is 3. The van der Waals surface area contributed by atoms with E-state index in [0.717, 1.165) is 12.8 Å². The molecule has 168 valence electrons. The lowest BCUT2D eigenvalue weighted by Gasteiger charge is -2.32. The number of hydrogen-bond acceptors (Lipinski definition) is 7. The van der Waals surface area contributed by atoms with Crippen LogP contribution in [0.15, 0.2) is 36.7 Å². The highest BCUT2D eigenvalue weighted by Crippen LogP contribution is 2.55. The molecule has 2 aliphatic heterocycles. The van der Waals surface area contributed by atoms with Crippen LogP contribution in [0.3, 0.4) is 0 Å². The number of amides is 2. The van der Waals surface area contributed by atoms with Gasteiger partial charge in [-0.25, -0.2) is 9.97 Å². The minimum absolute atomic E-state index is 0.0496. The van der Waals surface area contributed by atoms with Crippen molar-refractivity contribution in [2.24, 2.45) is 5.41 Å². The molecule has 3 aliphatic rings. The summed E-state index contributed by atoms with van der Waals surface area (Å²) in [6.45, 7) is 2.01. The Bertz CT molecular complexity index is 1060. The van der Waals surface area contributed by atoms with Crippen molar-refractivity contribution in [3.05, 3.63) is 48.0 Å². The third kappa shape index (κ3) is 3.95. The molecule has 3 heterocycles. The highest BCUT2D eigenvalue weighted by molar-refractivity contribution is 5.90. The molecule has 2 amide bonds. The molecule has 0 bridgehead atoms. The largest absolute Gasteiger partial charge is 0.586 e. The van der Waals surface area contributed by atoms with Crippen LogP contribution in [0, 0.1) is 5.41 Å². The van der Waals surface area contributed by atoms with E-state index in [1.165, 1.54) is 12.1 Å². The minimum Gasteiger partial charge on any atom is -0.395 e. The summed E-state index contributed by atoms with van der Waals surface area (Å²) in [5.74, 6) is -0.461. The van der Waals surface area contributed by atoms with E-state index in [9.17, 15) is 18.4 Å². The van der Waals surface area contributed by atoms with Crippen molar-refractivity contribution in [2.75, 3.05) is 0 Å². The summed E-state index contributed by atoms with van der Waals surface area (Å²) in [6, 6.07) is 4.91. The van der Waals surface area contributed by atoms with Gasteiger partial charge in [0.2, 0.25) is 11.8 Å². The molecule has 32 heavy (non-hydrogen) atoms. The third-order valence-corrected chi connectivity index (χ3v) is 6.00. The highest BCUT2D eigenvalue weighted by Gasteiger charge is 2.49. The lowest BCUT2D eigenvalue weighted by atomic mass is 9.91. The second-order valence-electron chi connectivity index (χ2n) is 8.50. The first kappa shape index (κ1) is 20.6. The Morgan fingerprint density at radius 3 is 2.66 bits per heavy atom. The van der Waals surface area contributed by atoms with E-state index >= 15 is 0 Å². The predicted molar refractivity (Wildman–Crippen MR) is 105 cm³/mol. The molecule has 1 aromatic carbocycles. The number of rotatable bonds is 5. The van der Waals surface area contributed by atoms with Gasteiger partial charge in [0.25, 0.3) is 0 Å². The monoisotopic (exact) mass is 445 g/mol. The first-order chi connectivity index (χ1) is 15.2. The van der Waals surface area contributed by atoms with Crippen LogP contribution in [0.25, 0.3) is 0 Å². The molecule has 1 saturated heterocycles. The molecular formula is C21H21F2N5O4. The number of alkyl halides is 2. The zero-order valence-corrected chi connectivity index (χ0v) is 17.1. The Kier molecular flexibility index (Phi) is 4.73. The maximum atomic E-state index is 13.4. The van der Waals surface area contributed by atoms with Crippen molar-refractivity contribution in [3.63, 3.8) is 0 Å². The molecule has 11 heteroatoms. The fraction of sp³-hybridized carbons (Fsp3) is 0.429. The molecule has 0 spiro atoms. The van der Waals surface area contributed by atoms with Gasteiger partial charge in [0.1, 0.15) is 6.17 Å². The predicted octanol–water partition coefficient (Wildman–Crippen LogP) is 1.93. The number of aromatic nitrogens is 2. The van der Waals surface area contributed by atoms with Crippen LogP contribution >= 0.6 is 0 Å². The first-order valence-electron chi connectivity index (χ1n) is 10.2. The van der Waals surface area contributed by atoms with Crippen LogP contribution in [-0.4, -0.2) is 34.1 Å². The van der Waals surface area contributed by atoms with Crippen LogP contribution in [0.2, 0.25) is 0 Å². The molecular weight excluding hydrogens is 424 g/mol. The van der Waals surface area contributed by atoms with Crippen molar-refractivity contribution >= 4 is 11.8 Å². The number of hydrogen-bond donors (Lipinski definition) is 3. The summed E-state index contributed by atoms with van der Waals surface area (Å²) in [6.07, 6.45) is 0.364. The van der Waals surface area contributed by atoms with Gasteiger partial charge in [-0.1, -0.05) is 13.0 Å². The zero-order chi connectivity index (χ0) is 22.5. The Labute approximate surface area is 181 Å². The molecule has 0 radical (unpaired) electrons. The number of benzene rings is 1. The van der Waals surface area contributed by atoms with Gasteiger partial charge in [0.05, 0.1) is 18.5 Å². The number of nitrogens with zero attached hydrogens (tertiary/aromatic N) is 2. The Balaban J connectivity index is 1.35. The second-order valence-corrected chi connectivity index (χ2v) is 8.50. The summed E-state index contributed by atoms with van der Waals surface area (Å²) < 4.78 is 35.9. The van der Waals surface area contributed by atoms with Gasteiger partial charge in [-0.2, -0.15) is 0 Å². The topological polar surface area (TPSA) is 114 Å². The fourth-order valence-electron chi connectivity index (χ4n) is 4.01. The van der Waals surface area contributed by atoms with E-state index in [1.54, 1.807) is 24.5 Å². The summed E-state index contributed by atoms with van der Waals surface area (Å²) >= 11 is 0. The molecule has 3 N–H and O–H groups in total. The second kappa shape index (κ2) is 7.37. The van der Waals surface area contributed by atoms with Crippen LogP contribution in [0.4, 0.5) is 8.78 Å². The summed E-state index contributed by atoms with van der Waals surface area (Å²) in [5.41, 5.74) is 0.395. The maximum absolute atomic E-state index is 13.4. The van der Waals surface area contributed by atoms with E-state index < -0.39 is 24.5 Å². The van der Waals surface area contributed by atoms with E-state index in [1.807, 2.05) is 6.92 Å². The van der Waals surface area contributed by atoms with Crippen LogP contribution in [0.1, 0.15) is 49.8 Å². The number of fused-ring (bicyclic) bond motifs is 1. The van der Waals surface area contributed by atoms with Crippen LogP contribution in [-0.2, 0) is 9.59 Å². The van der Waals surface area contributed by atoms with Gasteiger partial charge in [-0.3, -0.25) is 14.9 Å². The average Bonchev–Trinajstić information content (AvgIpc) is 3.42. The summed E-state index contributed by atoms with van der Waals surface area (Å²) in [7, 11) is 0. The number of ether oxygens (including phenoxy) is 2. The number of carbonyl (C=O) groups excluding carboxylic acids is 2. The van der Waals surface area contributed by atoms with Gasteiger partial charge in [-0.05, 0) is 42.0 Å². The zero-order valence-electron chi connectivity index (χ0n) is 17.1. The Morgan fingerprint density at radius 1 is 1.22 bits per heavy atom. The van der Waals surface area contributed by atoms with E-state index in [0.29, 0.717) is 11.4 Å². The van der Waals surface area contributed by atoms with Crippen molar-refractivity contribution in [1.29, 1.82) is 0 Å². The molecule has 2 aromatic rings. The van der Waals surface area contributed by atoms with Crippen molar-refractivity contribution < 1.29 is 27.8 Å². The Morgan fingerprint density at radius 2 is 1.94 bits per heavy atom. The van der Waals surface area contributed by atoms with Crippen LogP contribution in [0.5, 0.6) is 11.5 Å². The quantitative estimate of drug-likeness (QED) is 0.644. The lowest BCUT2D eigenvalue weighted by Crippen LogP contribution is -2.57. The standard InChI is InChI=1S/C21H21F2N5O4/c1-20(5-6-20)16(11-3-4-13-14(9-11)32-21(22,23)31-13)28-19(30)12-10-15(29)27-18(26-12)17-24-7-2-8-25-17/h2-4,7-9,12,16,18,26H,5-6,10H2,1H3,(H,27,29)(H,28,30)/t12?,16-,18?/m0/s1. The van der Waals surface area contributed by atoms with E-state index in [2.05, 4.69) is 35.4 Å². The molecule has 1 aromatic heterocycles. The smallest absolute Gasteiger partial charge is 0.395 e. The van der Waals surface area contributed by atoms with Gasteiger partial charge in [-0.15, -0.1) is 8.78 Å². The van der Waals surface area contributed by atoms with E-state index in [-0.39, 0.29) is 35.1 Å². The normalized spacial score (nSPS) is 25.5. The van der Waals surface area contributed by atoms with Gasteiger partial charge in [0, 0.05) is 12.4 Å². The molecule has 2 fully saturated rings. The number of carbonyl (C=O) groups is 2. The lowest BCUT2D eigenvalue weighted by molar-refractivity contribution is -0.286. The van der Waals surface area contributed by atoms with Crippen molar-refractivity contribution in [3.8, 4) is 11.5 Å². The van der Waals surface area contributed by atoms with E-state index in [4.69, 9.17) is 0 Å². The SMILES string of the molecule is CC1([C@@H](NC(=O)C2CC(=O)NC(c3ncccn3)N2)c2ccc3c(c2)OC(F)(F)O3)CC1. The molecule has 3 atom stereocenters. The highest BCUT2D eigenvalue weighted by atomic mass is 19.3. The molecule has 2 unspecified atom stereocenters. The Hall–Kier alpha value is -3.34. The fourth-order valence-corrected chi connectivity index (χ4v) is 4.01. The van der Waals surface area contributed by atoms with Gasteiger partial charge in [0.15, 0.2) is 17.3 Å². The summed E-state index contributed by atoms with van der Waals surface area (Å²) in [4.78, 5) is 33.6. The summed E-state index contributed by atoms with van der Waals surface area (Å²) in [5, 5.41) is 8.80. The molecule has 1 saturated carbocycles. The minimum atomic E-state index is -3.71. The van der Waals surface area contributed by atoms with Crippen molar-refractivity contribution in [2.45, 2.75) is 50.7 Å². The number of halogens is 2. The first-order valence-corrected chi connectivity index (χ1v) is 10.2. The average molecular weight is 445 g/mol. The molecule has 1 aliphatic carbocycles. The third-order valence-electron chi connectivity index (χ3n) is 6.00. The van der Waals surface area contributed by atoms with Gasteiger partial charge < -0.3 is 20.1 Å². The van der Waals surface area contributed by atoms with Crippen LogP contribution < -0.4 is 25.4 Å². The molecule has 5 rings (SSSR count). The van der Waals surface area contributed by atoms with Crippen molar-refractivity contribution in [1.82, 2.24) is 25.9 Å².